The van der Waals surface area contributed by atoms with Crippen molar-refractivity contribution in [3.05, 3.63) is 80.2 Å². The number of benzene rings is 2. The minimum absolute atomic E-state index is 0. The smallest absolute Gasteiger partial charge is 1.00 e. The van der Waals surface area contributed by atoms with Crippen LogP contribution in [0.4, 0.5) is 0 Å². The summed E-state index contributed by atoms with van der Waals surface area (Å²) in [4.78, 5) is 0. The van der Waals surface area contributed by atoms with Gasteiger partial charge in [-0.05, 0) is 0 Å². The van der Waals surface area contributed by atoms with E-state index in [1.165, 1.54) is 28.7 Å². The van der Waals surface area contributed by atoms with Gasteiger partial charge in [-0.2, -0.15) is 0 Å². The summed E-state index contributed by atoms with van der Waals surface area (Å²) in [6.45, 7) is 19.0. The molecule has 0 heterocycles. The van der Waals surface area contributed by atoms with Gasteiger partial charge in [-0.15, -0.1) is 0 Å². The van der Waals surface area contributed by atoms with Crippen molar-refractivity contribution in [2.75, 3.05) is 0 Å². The molecule has 0 radical (unpaired) electrons. The van der Waals surface area contributed by atoms with Crippen molar-refractivity contribution in [3.8, 4) is 11.1 Å². The molecule has 0 amide bonds. The fourth-order valence-electron chi connectivity index (χ4n) is 5.08. The molecule has 2 aliphatic carbocycles. The standard InChI is InChI=1S/C21H25.C5H5.C3H7.2ClH.Zr/c1-20(2,3)16-7-9-18-14(12-16)11-15-13-17(21(4,5)6)8-10-19(15)18;1-2-4-5-3-1;1-3-2;;;/h7-13H,1-6H3;1-3H,4H2;3H,1-2H3;2*1H;/q;;;;;+2/p-2. The molecule has 0 saturated carbocycles. The normalized spacial score (nSPS) is 15.1. The van der Waals surface area contributed by atoms with E-state index in [0.29, 0.717) is 3.63 Å². The maximum atomic E-state index is 2.57. The van der Waals surface area contributed by atoms with Crippen molar-refractivity contribution in [1.29, 1.82) is 0 Å². The molecule has 0 atom stereocenters. The molecule has 0 N–H and O–H groups in total. The monoisotopic (exact) mass is 545 g/mol. The van der Waals surface area contributed by atoms with Crippen LogP contribution in [0.15, 0.2) is 57.9 Å². The predicted molar refractivity (Wildman–Crippen MR) is 128 cm³/mol. The molecule has 0 nitrogen and oxygen atoms in total. The van der Waals surface area contributed by atoms with Gasteiger partial charge < -0.3 is 24.8 Å². The third-order valence-corrected chi connectivity index (χ3v) is 15.7. The van der Waals surface area contributed by atoms with Crippen LogP contribution in [0.3, 0.4) is 0 Å². The third kappa shape index (κ3) is 5.06. The Morgan fingerprint density at radius 1 is 0.781 bits per heavy atom. The molecule has 3 heteroatoms. The largest absolute Gasteiger partial charge is 1.00 e. The summed E-state index contributed by atoms with van der Waals surface area (Å²) in [6, 6.07) is 14.7. The van der Waals surface area contributed by atoms with Crippen LogP contribution < -0.4 is 24.8 Å². The first-order valence-electron chi connectivity index (χ1n) is 11.5. The third-order valence-electron chi connectivity index (χ3n) is 6.82. The number of rotatable bonds is 3. The van der Waals surface area contributed by atoms with Crippen molar-refractivity contribution in [1.82, 2.24) is 0 Å². The molecule has 2 aromatic carbocycles. The summed E-state index contributed by atoms with van der Waals surface area (Å²) in [5.41, 5.74) is 9.54. The van der Waals surface area contributed by atoms with Crippen LogP contribution in [0.25, 0.3) is 11.1 Å². The molecule has 0 unspecified atom stereocenters. The van der Waals surface area contributed by atoms with Gasteiger partial charge in [0.05, 0.1) is 0 Å². The maximum Gasteiger partial charge on any atom is -1.00 e. The zero-order chi connectivity index (χ0) is 21.8. The maximum absolute atomic E-state index is 2.57. The average molecular weight is 548 g/mol. The first-order chi connectivity index (χ1) is 14.0. The zero-order valence-corrected chi connectivity index (χ0v) is 24.8. The molecule has 171 valence electrons. The fraction of sp³-hybridized carbons (Fsp3) is 0.448. The van der Waals surface area contributed by atoms with Crippen molar-refractivity contribution in [2.24, 2.45) is 0 Å². The van der Waals surface area contributed by atoms with Crippen LogP contribution in [0.5, 0.6) is 0 Å². The predicted octanol–water partition coefficient (Wildman–Crippen LogP) is 2.65. The molecule has 2 aliphatic rings. The average Bonchev–Trinajstić information content (AvgIpc) is 3.27. The molecule has 0 saturated heterocycles. The van der Waals surface area contributed by atoms with Gasteiger partial charge in [0.25, 0.3) is 0 Å². The number of halogens is 2. The van der Waals surface area contributed by atoms with E-state index in [2.05, 4.69) is 110 Å². The van der Waals surface area contributed by atoms with Crippen LogP contribution >= 0.6 is 0 Å². The minimum atomic E-state index is -1.97. The molecular weight excluding hydrogens is 510 g/mol. The van der Waals surface area contributed by atoms with Gasteiger partial charge in [-0.25, -0.2) is 0 Å². The van der Waals surface area contributed by atoms with E-state index in [1.807, 2.05) is 0 Å². The SMILES string of the molecule is C[CH](C)[Zr+2]([C]1=CC=CC1)[CH]1c2cc(C(C)(C)C)ccc2-c2ccc(C(C)(C)C)cc21.[Cl-].[Cl-]. The van der Waals surface area contributed by atoms with E-state index in [4.69, 9.17) is 0 Å². The van der Waals surface area contributed by atoms with Gasteiger partial charge in [-0.1, -0.05) is 0 Å². The molecule has 2 aromatic rings. The molecule has 0 fully saturated rings. The fourth-order valence-corrected chi connectivity index (χ4v) is 13.9. The molecule has 0 aliphatic heterocycles. The first-order valence-corrected chi connectivity index (χ1v) is 15.6. The van der Waals surface area contributed by atoms with Crippen LogP contribution in [0.1, 0.15) is 87.7 Å². The van der Waals surface area contributed by atoms with Gasteiger partial charge in [0.15, 0.2) is 0 Å². The Balaban J connectivity index is 0.00000181. The van der Waals surface area contributed by atoms with Gasteiger partial charge in [0, 0.05) is 0 Å². The second kappa shape index (κ2) is 9.94. The molecule has 0 spiro atoms. The summed E-state index contributed by atoms with van der Waals surface area (Å²) in [5, 5.41) is 0. The minimum Gasteiger partial charge on any atom is -1.00 e. The second-order valence-electron chi connectivity index (χ2n) is 11.5. The Hall–Kier alpha value is -0.617. The Labute approximate surface area is 216 Å². The quantitative estimate of drug-likeness (QED) is 0.555. The van der Waals surface area contributed by atoms with Crippen LogP contribution in [-0.4, -0.2) is 0 Å². The van der Waals surface area contributed by atoms with Crippen molar-refractivity contribution >= 4 is 0 Å². The number of hydrogen-bond donors (Lipinski definition) is 0. The summed E-state index contributed by atoms with van der Waals surface area (Å²) < 4.78 is 3.21. The second-order valence-corrected chi connectivity index (χ2v) is 19.5. The zero-order valence-electron chi connectivity index (χ0n) is 20.8. The van der Waals surface area contributed by atoms with E-state index >= 15 is 0 Å². The van der Waals surface area contributed by atoms with Crippen LogP contribution in [0, 0.1) is 0 Å². The number of hydrogen-bond acceptors (Lipinski definition) is 0. The summed E-state index contributed by atoms with van der Waals surface area (Å²) in [6.07, 6.45) is 8.32. The van der Waals surface area contributed by atoms with Crippen molar-refractivity contribution < 1.29 is 46.6 Å². The molecule has 0 bridgehead atoms. The summed E-state index contributed by atoms with van der Waals surface area (Å²) >= 11 is -1.97. The Morgan fingerprint density at radius 2 is 1.25 bits per heavy atom. The molecule has 4 rings (SSSR count). The van der Waals surface area contributed by atoms with Gasteiger partial charge in [-0.3, -0.25) is 0 Å². The molecule has 32 heavy (non-hydrogen) atoms. The van der Waals surface area contributed by atoms with Crippen molar-refractivity contribution in [3.63, 3.8) is 0 Å². The van der Waals surface area contributed by atoms with Crippen LogP contribution in [0.2, 0.25) is 3.63 Å². The van der Waals surface area contributed by atoms with Gasteiger partial charge in [0.2, 0.25) is 0 Å². The van der Waals surface area contributed by atoms with E-state index in [1.54, 1.807) is 14.4 Å². The van der Waals surface area contributed by atoms with E-state index in [-0.39, 0.29) is 35.6 Å². The Bertz CT molecular complexity index is 969. The van der Waals surface area contributed by atoms with Gasteiger partial charge in [0.1, 0.15) is 0 Å². The summed E-state index contributed by atoms with van der Waals surface area (Å²) in [7, 11) is 0. The molecular formula is C29H37Cl2Zr. The van der Waals surface area contributed by atoms with Crippen LogP contribution in [-0.2, 0) is 32.6 Å². The van der Waals surface area contributed by atoms with E-state index < -0.39 is 21.8 Å². The number of allylic oxidation sites excluding steroid dienone is 4. The van der Waals surface area contributed by atoms with E-state index in [0.717, 1.165) is 3.63 Å². The van der Waals surface area contributed by atoms with Gasteiger partial charge >= 0.3 is 193 Å². The number of fused-ring (bicyclic) bond motifs is 3. The molecule has 0 aromatic heterocycles. The Morgan fingerprint density at radius 3 is 1.59 bits per heavy atom. The Kier molecular flexibility index (Phi) is 8.58. The van der Waals surface area contributed by atoms with Crippen molar-refractivity contribution in [2.45, 2.75) is 79.9 Å². The topological polar surface area (TPSA) is 0 Å². The first kappa shape index (κ1) is 27.6. The summed E-state index contributed by atoms with van der Waals surface area (Å²) in [5.74, 6) is 0. The van der Waals surface area contributed by atoms with E-state index in [9.17, 15) is 0 Å².